The van der Waals surface area contributed by atoms with Crippen LogP contribution in [0.4, 0.5) is 0 Å². The van der Waals surface area contributed by atoms with Crippen LogP contribution in [0.15, 0.2) is 24.5 Å². The monoisotopic (exact) mass is 714 g/mol. The number of fused-ring (bicyclic) bond motifs is 25. The van der Waals surface area contributed by atoms with Crippen molar-refractivity contribution in [1.82, 2.24) is 18.8 Å². The summed E-state index contributed by atoms with van der Waals surface area (Å²) in [5.74, 6) is 6.12. The second-order valence-corrected chi connectivity index (χ2v) is 20.7. The molecule has 6 aromatic heterocycles. The molecule has 7 aliphatic rings. The van der Waals surface area contributed by atoms with Gasteiger partial charge in [0.15, 0.2) is 0 Å². The summed E-state index contributed by atoms with van der Waals surface area (Å²) >= 11 is 0. The Labute approximate surface area is 320 Å². The quantitative estimate of drug-likeness (QED) is 0.157. The Balaban J connectivity index is 1.24. The van der Waals surface area contributed by atoms with Crippen molar-refractivity contribution in [3.05, 3.63) is 80.4 Å². The number of benzene rings is 3. The molecule has 7 aliphatic carbocycles. The van der Waals surface area contributed by atoms with Crippen LogP contribution < -0.4 is 0 Å². The summed E-state index contributed by atoms with van der Waals surface area (Å²) in [7, 11) is 0. The lowest BCUT2D eigenvalue weighted by atomic mass is 9.36. The van der Waals surface area contributed by atoms with Gasteiger partial charge in [-0.2, -0.15) is 0 Å². The molecule has 270 valence electrons. The Morgan fingerprint density at radius 1 is 0.527 bits per heavy atom. The molecule has 0 aliphatic heterocycles. The molecular formula is C51H46N4. The average molecular weight is 715 g/mol. The van der Waals surface area contributed by atoms with Crippen molar-refractivity contribution in [2.75, 3.05) is 0 Å². The van der Waals surface area contributed by atoms with Gasteiger partial charge in [-0.1, -0.05) is 0 Å². The first-order valence-corrected chi connectivity index (χ1v) is 21.9. The van der Waals surface area contributed by atoms with E-state index in [4.69, 9.17) is 9.97 Å². The van der Waals surface area contributed by atoms with Crippen LogP contribution in [-0.4, -0.2) is 18.8 Å². The summed E-state index contributed by atoms with van der Waals surface area (Å²) in [5.41, 5.74) is 23.8. The highest BCUT2D eigenvalue weighted by Crippen LogP contribution is 2.82. The number of pyridine rings is 2. The first kappa shape index (κ1) is 28.9. The van der Waals surface area contributed by atoms with Crippen LogP contribution in [-0.2, 0) is 0 Å². The maximum absolute atomic E-state index is 5.60. The molecule has 9 unspecified atom stereocenters. The van der Waals surface area contributed by atoms with E-state index in [0.717, 1.165) is 23.7 Å². The van der Waals surface area contributed by atoms with E-state index < -0.39 is 0 Å². The van der Waals surface area contributed by atoms with Crippen LogP contribution >= 0.6 is 0 Å². The number of hydrogen-bond donors (Lipinski definition) is 0. The predicted molar refractivity (Wildman–Crippen MR) is 224 cm³/mol. The van der Waals surface area contributed by atoms with Gasteiger partial charge in [-0.05, 0) is 190 Å². The molecule has 6 heterocycles. The first-order chi connectivity index (χ1) is 26.7. The zero-order valence-corrected chi connectivity index (χ0v) is 32.9. The number of rotatable bonds is 0. The van der Waals surface area contributed by atoms with E-state index >= 15 is 0 Å². The third-order valence-electron chi connectivity index (χ3n) is 19.3. The Morgan fingerprint density at radius 3 is 1.80 bits per heavy atom. The maximum atomic E-state index is 5.60. The SMILES string of the molecule is Cc1cc2c(c(C)c1C)c1c3c4c5c(ncc4n4c6cnc7c(c6c(c6c8c(C)c(C)c(C)cc8n2c16)c34)C1CC2CC3CC7CC321)C1CC2CC5CC1C2. The highest BCUT2D eigenvalue weighted by atomic mass is 15.0. The lowest BCUT2D eigenvalue weighted by Gasteiger charge is -2.68. The molecule has 9 aromatic rings. The molecule has 4 nitrogen and oxygen atoms in total. The van der Waals surface area contributed by atoms with E-state index in [9.17, 15) is 0 Å². The molecule has 9 atom stereocenters. The Hall–Kier alpha value is -4.44. The summed E-state index contributed by atoms with van der Waals surface area (Å²) < 4.78 is 5.49. The van der Waals surface area contributed by atoms with Gasteiger partial charge in [0.2, 0.25) is 0 Å². The van der Waals surface area contributed by atoms with E-state index in [2.05, 4.69) is 74.9 Å². The van der Waals surface area contributed by atoms with Gasteiger partial charge in [0.25, 0.3) is 0 Å². The Bertz CT molecular complexity index is 3410. The lowest BCUT2D eigenvalue weighted by molar-refractivity contribution is -0.146. The normalized spacial score (nSPS) is 32.4. The average Bonchev–Trinajstić information content (AvgIpc) is 3.99. The molecule has 3 aromatic carbocycles. The van der Waals surface area contributed by atoms with Gasteiger partial charge < -0.3 is 8.80 Å². The second kappa shape index (κ2) is 8.46. The van der Waals surface area contributed by atoms with E-state index in [1.165, 1.54) is 156 Å². The molecular weight excluding hydrogens is 669 g/mol. The van der Waals surface area contributed by atoms with Gasteiger partial charge in [-0.3, -0.25) is 9.97 Å². The fraction of sp³-hybridized carbons (Fsp3) is 0.451. The molecule has 0 saturated heterocycles. The molecule has 1 spiro atoms. The molecule has 0 amide bonds. The van der Waals surface area contributed by atoms with Gasteiger partial charge in [0.1, 0.15) is 0 Å². The van der Waals surface area contributed by atoms with Gasteiger partial charge >= 0.3 is 0 Å². The Morgan fingerprint density at radius 2 is 1.13 bits per heavy atom. The van der Waals surface area contributed by atoms with E-state index in [0.29, 0.717) is 29.1 Å². The second-order valence-electron chi connectivity index (χ2n) is 20.7. The molecule has 0 radical (unpaired) electrons. The van der Waals surface area contributed by atoms with Crippen LogP contribution in [0.1, 0.15) is 131 Å². The van der Waals surface area contributed by atoms with Crippen molar-refractivity contribution in [2.24, 2.45) is 29.1 Å². The van der Waals surface area contributed by atoms with E-state index in [1.54, 1.807) is 27.3 Å². The van der Waals surface area contributed by atoms with Gasteiger partial charge in [-0.25, -0.2) is 0 Å². The molecule has 55 heavy (non-hydrogen) atoms. The maximum Gasteiger partial charge on any atom is 0.0728 e. The van der Waals surface area contributed by atoms with Gasteiger partial charge in [0.05, 0.1) is 45.5 Å². The van der Waals surface area contributed by atoms with Crippen LogP contribution in [0.25, 0.3) is 76.2 Å². The topological polar surface area (TPSA) is 34.6 Å². The largest absolute Gasteiger partial charge is 0.308 e. The summed E-state index contributed by atoms with van der Waals surface area (Å²) in [6, 6.07) is 5.08. The minimum absolute atomic E-state index is 0.554. The van der Waals surface area contributed by atoms with Crippen molar-refractivity contribution in [2.45, 2.75) is 117 Å². The molecule has 5 fully saturated rings. The lowest BCUT2D eigenvalue weighted by Crippen LogP contribution is -2.59. The van der Waals surface area contributed by atoms with Crippen LogP contribution in [0, 0.1) is 70.6 Å². The van der Waals surface area contributed by atoms with Gasteiger partial charge in [-0.15, -0.1) is 0 Å². The van der Waals surface area contributed by atoms with Gasteiger partial charge in [0, 0.05) is 66.3 Å². The zero-order valence-electron chi connectivity index (χ0n) is 32.9. The minimum atomic E-state index is 0.554. The minimum Gasteiger partial charge on any atom is -0.308 e. The summed E-state index contributed by atoms with van der Waals surface area (Å²) in [6.45, 7) is 14.2. The smallest absolute Gasteiger partial charge is 0.0728 e. The third kappa shape index (κ3) is 2.68. The summed E-state index contributed by atoms with van der Waals surface area (Å²) in [4.78, 5) is 11.2. The van der Waals surface area contributed by atoms with Crippen LogP contribution in [0.5, 0.6) is 0 Å². The van der Waals surface area contributed by atoms with E-state index in [1.807, 2.05) is 0 Å². The third-order valence-corrected chi connectivity index (χ3v) is 19.3. The van der Waals surface area contributed by atoms with Crippen LogP contribution in [0.3, 0.4) is 0 Å². The highest BCUT2D eigenvalue weighted by molar-refractivity contribution is 6.46. The predicted octanol–water partition coefficient (Wildman–Crippen LogP) is 12.6. The number of aryl methyl sites for hydroxylation is 4. The molecule has 16 rings (SSSR count). The van der Waals surface area contributed by atoms with E-state index in [-0.39, 0.29) is 0 Å². The molecule has 5 bridgehead atoms. The highest BCUT2D eigenvalue weighted by Gasteiger charge is 2.72. The molecule has 0 N–H and O–H groups in total. The van der Waals surface area contributed by atoms with Crippen molar-refractivity contribution >= 4 is 76.2 Å². The molecule has 5 saturated carbocycles. The number of aromatic nitrogens is 4. The van der Waals surface area contributed by atoms with Crippen LogP contribution in [0.2, 0.25) is 0 Å². The fourth-order valence-corrected chi connectivity index (χ4v) is 16.9. The number of nitrogens with zero attached hydrogens (tertiary/aromatic N) is 4. The standard InChI is InChI=1S/C51H46N4/c1-19-7-33-37(23(5)21(19)3)43-45-41-35(18-53-48-31-11-25-9-26(31)12-27(10-25)39(41)48)55-36-17-52-47-28-13-29-14-30-15-32(51(29,30)16-28)40(47)42(36)46(50(45)55)44-38-24(6)22(4)20(2)8-34(38)54(33)49(43)44/h7-8,17-18,25-32H,9-16H2,1-6H3. The number of hydrogen-bond acceptors (Lipinski definition) is 2. The van der Waals surface area contributed by atoms with Crippen molar-refractivity contribution in [3.8, 4) is 0 Å². The summed E-state index contributed by atoms with van der Waals surface area (Å²) in [5, 5.41) is 12.2. The van der Waals surface area contributed by atoms with Crippen molar-refractivity contribution in [1.29, 1.82) is 0 Å². The summed E-state index contributed by atoms with van der Waals surface area (Å²) in [6.07, 6.45) is 15.8. The zero-order chi connectivity index (χ0) is 36.0. The Kier molecular flexibility index (Phi) is 4.44. The van der Waals surface area contributed by atoms with Crippen molar-refractivity contribution in [3.63, 3.8) is 0 Å². The fourth-order valence-electron chi connectivity index (χ4n) is 16.9. The van der Waals surface area contributed by atoms with Crippen molar-refractivity contribution < 1.29 is 0 Å². The first-order valence-electron chi connectivity index (χ1n) is 21.9. The molecule has 4 heteroatoms.